The highest BCUT2D eigenvalue weighted by Gasteiger charge is 2.29. The van der Waals surface area contributed by atoms with Crippen LogP contribution < -0.4 is 5.73 Å². The standard InChI is InChI=1S/C12H20ClN3S2/c1-7-9(12(13)16(3)15-7)6-10(14)11-8(2)17-4-5-18-11/h8,10-11H,4-6,14H2,1-3H3. The zero-order valence-electron chi connectivity index (χ0n) is 11.0. The zero-order chi connectivity index (χ0) is 13.3. The lowest BCUT2D eigenvalue weighted by Gasteiger charge is -2.32. The molecule has 1 aliphatic rings. The molecule has 3 nitrogen and oxygen atoms in total. The van der Waals surface area contributed by atoms with Crippen LogP contribution in [0.3, 0.4) is 0 Å². The molecule has 2 rings (SSSR count). The number of aryl methyl sites for hydroxylation is 2. The van der Waals surface area contributed by atoms with E-state index in [1.807, 2.05) is 37.5 Å². The van der Waals surface area contributed by atoms with Crippen molar-refractivity contribution in [1.29, 1.82) is 0 Å². The lowest BCUT2D eigenvalue weighted by molar-refractivity contribution is 0.620. The van der Waals surface area contributed by atoms with Crippen molar-refractivity contribution < 1.29 is 0 Å². The van der Waals surface area contributed by atoms with Crippen LogP contribution in [0.5, 0.6) is 0 Å². The molecule has 18 heavy (non-hydrogen) atoms. The van der Waals surface area contributed by atoms with E-state index in [0.717, 1.165) is 22.8 Å². The fourth-order valence-corrected chi connectivity index (χ4v) is 5.52. The Hall–Kier alpha value is 0.160. The molecule has 0 radical (unpaired) electrons. The first-order chi connectivity index (χ1) is 8.50. The van der Waals surface area contributed by atoms with Crippen LogP contribution in [-0.4, -0.2) is 37.8 Å². The Morgan fingerprint density at radius 3 is 2.72 bits per heavy atom. The van der Waals surface area contributed by atoms with Crippen LogP contribution in [0.2, 0.25) is 5.15 Å². The molecule has 0 spiro atoms. The first-order valence-electron chi connectivity index (χ1n) is 6.17. The summed E-state index contributed by atoms with van der Waals surface area (Å²) >= 11 is 10.3. The summed E-state index contributed by atoms with van der Waals surface area (Å²) in [6.07, 6.45) is 0.821. The third kappa shape index (κ3) is 3.00. The SMILES string of the molecule is Cc1nn(C)c(Cl)c1CC(N)C1SCCSC1C. The van der Waals surface area contributed by atoms with Crippen molar-refractivity contribution in [3.05, 3.63) is 16.4 Å². The Bertz CT molecular complexity index is 422. The van der Waals surface area contributed by atoms with E-state index in [-0.39, 0.29) is 6.04 Å². The number of aromatic nitrogens is 2. The van der Waals surface area contributed by atoms with Crippen molar-refractivity contribution >= 4 is 35.1 Å². The van der Waals surface area contributed by atoms with Gasteiger partial charge in [0.05, 0.1) is 5.69 Å². The fourth-order valence-electron chi connectivity index (χ4n) is 2.38. The van der Waals surface area contributed by atoms with Crippen molar-refractivity contribution in [2.45, 2.75) is 36.8 Å². The first-order valence-corrected chi connectivity index (χ1v) is 8.65. The maximum Gasteiger partial charge on any atom is 0.130 e. The van der Waals surface area contributed by atoms with E-state index < -0.39 is 0 Å². The average molecular weight is 306 g/mol. The van der Waals surface area contributed by atoms with Crippen LogP contribution in [0, 0.1) is 6.92 Å². The van der Waals surface area contributed by atoms with E-state index in [0.29, 0.717) is 10.5 Å². The van der Waals surface area contributed by atoms with E-state index in [2.05, 4.69) is 12.0 Å². The van der Waals surface area contributed by atoms with Gasteiger partial charge in [-0.3, -0.25) is 4.68 Å². The van der Waals surface area contributed by atoms with Gasteiger partial charge in [-0.15, -0.1) is 0 Å². The molecule has 1 saturated heterocycles. The third-order valence-electron chi connectivity index (χ3n) is 3.37. The van der Waals surface area contributed by atoms with E-state index in [1.54, 1.807) is 4.68 Å². The molecule has 1 aromatic heterocycles. The molecular formula is C12H20ClN3S2. The van der Waals surface area contributed by atoms with Gasteiger partial charge in [-0.2, -0.15) is 28.6 Å². The summed E-state index contributed by atoms with van der Waals surface area (Å²) in [6.45, 7) is 4.28. The largest absolute Gasteiger partial charge is 0.326 e. The lowest BCUT2D eigenvalue weighted by atomic mass is 10.0. The van der Waals surface area contributed by atoms with Gasteiger partial charge in [-0.1, -0.05) is 18.5 Å². The van der Waals surface area contributed by atoms with Crippen LogP contribution >= 0.6 is 35.1 Å². The summed E-state index contributed by atoms with van der Waals surface area (Å²) in [5, 5.41) is 6.20. The molecule has 2 N–H and O–H groups in total. The molecule has 3 unspecified atom stereocenters. The predicted octanol–water partition coefficient (Wildman–Crippen LogP) is 2.49. The number of hydrogen-bond donors (Lipinski definition) is 1. The van der Waals surface area contributed by atoms with Gasteiger partial charge in [0.1, 0.15) is 5.15 Å². The molecular weight excluding hydrogens is 286 g/mol. The van der Waals surface area contributed by atoms with Gasteiger partial charge in [-0.25, -0.2) is 0 Å². The van der Waals surface area contributed by atoms with E-state index in [9.17, 15) is 0 Å². The quantitative estimate of drug-likeness (QED) is 0.932. The smallest absolute Gasteiger partial charge is 0.130 e. The van der Waals surface area contributed by atoms with Crippen molar-refractivity contribution in [3.8, 4) is 0 Å². The second-order valence-corrected chi connectivity index (χ2v) is 7.89. The van der Waals surface area contributed by atoms with Gasteiger partial charge in [0.25, 0.3) is 0 Å². The molecule has 0 saturated carbocycles. The summed E-state index contributed by atoms with van der Waals surface area (Å²) in [7, 11) is 1.87. The van der Waals surface area contributed by atoms with Crippen LogP contribution in [0.25, 0.3) is 0 Å². The molecule has 0 aliphatic carbocycles. The molecule has 1 fully saturated rings. The molecule has 0 bridgehead atoms. The lowest BCUT2D eigenvalue weighted by Crippen LogP contribution is -2.42. The number of rotatable bonds is 3. The van der Waals surface area contributed by atoms with Gasteiger partial charge in [0, 0.05) is 40.7 Å². The van der Waals surface area contributed by atoms with Gasteiger partial charge in [0.15, 0.2) is 0 Å². The summed E-state index contributed by atoms with van der Waals surface area (Å²) in [5.41, 5.74) is 8.49. The van der Waals surface area contributed by atoms with Crippen molar-refractivity contribution in [1.82, 2.24) is 9.78 Å². The fraction of sp³-hybridized carbons (Fsp3) is 0.750. The van der Waals surface area contributed by atoms with Gasteiger partial charge in [0.2, 0.25) is 0 Å². The highest BCUT2D eigenvalue weighted by Crippen LogP contribution is 2.34. The second-order valence-electron chi connectivity index (χ2n) is 4.76. The van der Waals surface area contributed by atoms with Crippen molar-refractivity contribution in [2.75, 3.05) is 11.5 Å². The molecule has 0 amide bonds. The highest BCUT2D eigenvalue weighted by molar-refractivity contribution is 8.07. The molecule has 0 aromatic carbocycles. The number of hydrogen-bond acceptors (Lipinski definition) is 4. The monoisotopic (exact) mass is 305 g/mol. The van der Waals surface area contributed by atoms with E-state index >= 15 is 0 Å². The molecule has 1 aliphatic heterocycles. The summed E-state index contributed by atoms with van der Waals surface area (Å²) < 4.78 is 1.73. The highest BCUT2D eigenvalue weighted by atomic mass is 35.5. The van der Waals surface area contributed by atoms with Crippen LogP contribution in [0.4, 0.5) is 0 Å². The van der Waals surface area contributed by atoms with Crippen LogP contribution in [-0.2, 0) is 13.5 Å². The minimum Gasteiger partial charge on any atom is -0.326 e. The molecule has 102 valence electrons. The molecule has 1 aromatic rings. The Morgan fingerprint density at radius 2 is 2.17 bits per heavy atom. The maximum absolute atomic E-state index is 6.39. The minimum absolute atomic E-state index is 0.151. The summed E-state index contributed by atoms with van der Waals surface area (Å²) in [4.78, 5) is 0. The maximum atomic E-state index is 6.39. The Labute approximate surface area is 122 Å². The Morgan fingerprint density at radius 1 is 1.50 bits per heavy atom. The normalized spacial score (nSPS) is 26.3. The Kier molecular flexibility index (Phi) is 4.92. The minimum atomic E-state index is 0.151. The number of nitrogens with zero attached hydrogens (tertiary/aromatic N) is 2. The van der Waals surface area contributed by atoms with E-state index in [1.165, 1.54) is 11.5 Å². The number of thioether (sulfide) groups is 2. The van der Waals surface area contributed by atoms with E-state index in [4.69, 9.17) is 17.3 Å². The van der Waals surface area contributed by atoms with Crippen molar-refractivity contribution in [2.24, 2.45) is 12.8 Å². The second kappa shape index (κ2) is 6.07. The van der Waals surface area contributed by atoms with Crippen LogP contribution in [0.1, 0.15) is 18.2 Å². The third-order valence-corrected chi connectivity index (χ3v) is 7.11. The van der Waals surface area contributed by atoms with Crippen LogP contribution in [0.15, 0.2) is 0 Å². The number of halogens is 1. The average Bonchev–Trinajstić information content (AvgIpc) is 2.56. The van der Waals surface area contributed by atoms with Gasteiger partial charge < -0.3 is 5.73 Å². The summed E-state index contributed by atoms with van der Waals surface area (Å²) in [6, 6.07) is 0.151. The zero-order valence-corrected chi connectivity index (χ0v) is 13.4. The van der Waals surface area contributed by atoms with Gasteiger partial charge in [-0.05, 0) is 13.3 Å². The van der Waals surface area contributed by atoms with Gasteiger partial charge >= 0.3 is 0 Å². The predicted molar refractivity (Wildman–Crippen MR) is 82.8 cm³/mol. The first kappa shape index (κ1) is 14.6. The van der Waals surface area contributed by atoms with Crippen molar-refractivity contribution in [3.63, 3.8) is 0 Å². The number of nitrogens with two attached hydrogens (primary N) is 1. The Balaban J connectivity index is 2.08. The summed E-state index contributed by atoms with van der Waals surface area (Å²) in [5.74, 6) is 2.44. The molecule has 2 heterocycles. The topological polar surface area (TPSA) is 43.8 Å². The molecule has 6 heteroatoms. The molecule has 3 atom stereocenters.